The topological polar surface area (TPSA) is 66.9 Å². The number of hydrogen-bond donors (Lipinski definition) is 0. The Balaban J connectivity index is 1.97. The second-order valence-electron chi connectivity index (χ2n) is 6.16. The molecule has 2 atom stereocenters. The van der Waals surface area contributed by atoms with Crippen LogP contribution in [0, 0.1) is 5.92 Å². The van der Waals surface area contributed by atoms with E-state index in [1.807, 2.05) is 0 Å². The molecule has 0 N–H and O–H groups in total. The van der Waals surface area contributed by atoms with Gasteiger partial charge >= 0.3 is 5.97 Å². The van der Waals surface area contributed by atoms with Gasteiger partial charge < -0.3 is 4.74 Å². The molecule has 0 aromatic rings. The molecular formula is C14H26N2O4S. The number of likely N-dealkylation sites (tertiary alicyclic amines) is 1. The fourth-order valence-corrected chi connectivity index (χ4v) is 4.36. The summed E-state index contributed by atoms with van der Waals surface area (Å²) >= 11 is 0. The van der Waals surface area contributed by atoms with Crippen LogP contribution in [-0.2, 0) is 19.6 Å². The molecule has 6 nitrogen and oxygen atoms in total. The molecular weight excluding hydrogens is 292 g/mol. The standard InChI is InChI=1S/C14H26N2O4S/c1-20-14(17)13-7-3-4-8-15(13)10-12-6-5-9-16(11-12)21(2,18)19/h12-13H,3-11H2,1-2H3. The van der Waals surface area contributed by atoms with Crippen molar-refractivity contribution >= 4 is 16.0 Å². The minimum Gasteiger partial charge on any atom is -0.468 e. The number of hydrogen-bond acceptors (Lipinski definition) is 5. The molecule has 0 aromatic carbocycles. The Labute approximate surface area is 127 Å². The average Bonchev–Trinajstić information content (AvgIpc) is 2.46. The lowest BCUT2D eigenvalue weighted by atomic mass is 9.95. The van der Waals surface area contributed by atoms with Crippen molar-refractivity contribution in [3.8, 4) is 0 Å². The van der Waals surface area contributed by atoms with Gasteiger partial charge in [-0.1, -0.05) is 6.42 Å². The van der Waals surface area contributed by atoms with Crippen LogP contribution in [0.4, 0.5) is 0 Å². The summed E-state index contributed by atoms with van der Waals surface area (Å²) in [5, 5.41) is 0. The van der Waals surface area contributed by atoms with Gasteiger partial charge in [-0.05, 0) is 38.1 Å². The molecule has 2 unspecified atom stereocenters. The van der Waals surface area contributed by atoms with Crippen molar-refractivity contribution in [1.82, 2.24) is 9.21 Å². The molecule has 0 bridgehead atoms. The van der Waals surface area contributed by atoms with E-state index in [4.69, 9.17) is 4.74 Å². The number of rotatable bonds is 4. The van der Waals surface area contributed by atoms with Crippen molar-refractivity contribution in [3.63, 3.8) is 0 Å². The minimum absolute atomic E-state index is 0.155. The van der Waals surface area contributed by atoms with E-state index in [2.05, 4.69) is 4.90 Å². The molecule has 0 aliphatic carbocycles. The van der Waals surface area contributed by atoms with E-state index in [-0.39, 0.29) is 12.0 Å². The molecule has 21 heavy (non-hydrogen) atoms. The third-order valence-electron chi connectivity index (χ3n) is 4.53. The lowest BCUT2D eigenvalue weighted by Crippen LogP contribution is -2.50. The molecule has 2 heterocycles. The van der Waals surface area contributed by atoms with E-state index >= 15 is 0 Å². The molecule has 0 radical (unpaired) electrons. The van der Waals surface area contributed by atoms with Crippen molar-refractivity contribution in [3.05, 3.63) is 0 Å². The second kappa shape index (κ2) is 7.07. The van der Waals surface area contributed by atoms with Crippen molar-refractivity contribution < 1.29 is 17.9 Å². The van der Waals surface area contributed by atoms with Gasteiger partial charge in [-0.25, -0.2) is 12.7 Å². The van der Waals surface area contributed by atoms with Crippen molar-refractivity contribution in [1.29, 1.82) is 0 Å². The van der Waals surface area contributed by atoms with Crippen LogP contribution >= 0.6 is 0 Å². The molecule has 2 aliphatic heterocycles. The quantitative estimate of drug-likeness (QED) is 0.713. The van der Waals surface area contributed by atoms with Crippen LogP contribution in [0.3, 0.4) is 0 Å². The summed E-state index contributed by atoms with van der Waals surface area (Å²) in [5.41, 5.74) is 0. The summed E-state index contributed by atoms with van der Waals surface area (Å²) in [6, 6.07) is -0.155. The Bertz CT molecular complexity index is 466. The number of carbonyl (C=O) groups is 1. The lowest BCUT2D eigenvalue weighted by molar-refractivity contribution is -0.148. The average molecular weight is 318 g/mol. The third kappa shape index (κ3) is 4.40. The molecule has 2 saturated heterocycles. The summed E-state index contributed by atoms with van der Waals surface area (Å²) in [7, 11) is -1.68. The maximum atomic E-state index is 11.9. The molecule has 2 fully saturated rings. The summed E-state index contributed by atoms with van der Waals surface area (Å²) < 4.78 is 29.8. The summed E-state index contributed by atoms with van der Waals surface area (Å²) in [4.78, 5) is 14.1. The largest absolute Gasteiger partial charge is 0.468 e. The lowest BCUT2D eigenvalue weighted by Gasteiger charge is -2.39. The Morgan fingerprint density at radius 1 is 1.19 bits per heavy atom. The fourth-order valence-electron chi connectivity index (χ4n) is 3.42. The zero-order valence-electron chi connectivity index (χ0n) is 13.0. The van der Waals surface area contributed by atoms with Gasteiger partial charge in [-0.2, -0.15) is 0 Å². The van der Waals surface area contributed by atoms with Gasteiger partial charge in [0.15, 0.2) is 0 Å². The SMILES string of the molecule is COC(=O)C1CCCCN1CC1CCCN(S(C)(=O)=O)C1. The van der Waals surface area contributed by atoms with E-state index < -0.39 is 10.0 Å². The van der Waals surface area contributed by atoms with Crippen LogP contribution in [0.2, 0.25) is 0 Å². The molecule has 0 saturated carbocycles. The van der Waals surface area contributed by atoms with Gasteiger partial charge in [0, 0.05) is 19.6 Å². The van der Waals surface area contributed by atoms with Gasteiger partial charge in [0.25, 0.3) is 0 Å². The number of sulfonamides is 1. The molecule has 2 rings (SSSR count). The summed E-state index contributed by atoms with van der Waals surface area (Å²) in [6.07, 6.45) is 6.18. The smallest absolute Gasteiger partial charge is 0.323 e. The first-order chi connectivity index (χ1) is 9.91. The highest BCUT2D eigenvalue weighted by atomic mass is 32.2. The monoisotopic (exact) mass is 318 g/mol. The highest BCUT2D eigenvalue weighted by Crippen LogP contribution is 2.24. The Morgan fingerprint density at radius 3 is 2.62 bits per heavy atom. The zero-order valence-corrected chi connectivity index (χ0v) is 13.8. The number of methoxy groups -OCH3 is 1. The van der Waals surface area contributed by atoms with Crippen LogP contribution in [0.25, 0.3) is 0 Å². The summed E-state index contributed by atoms with van der Waals surface area (Å²) in [5.74, 6) is 0.143. The fraction of sp³-hybridized carbons (Fsp3) is 0.929. The maximum Gasteiger partial charge on any atom is 0.323 e. The highest BCUT2D eigenvalue weighted by molar-refractivity contribution is 7.88. The van der Waals surface area contributed by atoms with Crippen molar-refractivity contribution in [2.75, 3.05) is 39.5 Å². The molecule has 7 heteroatoms. The second-order valence-corrected chi connectivity index (χ2v) is 8.14. The van der Waals surface area contributed by atoms with Gasteiger partial charge in [0.1, 0.15) is 6.04 Å². The Kier molecular flexibility index (Phi) is 5.62. The first-order valence-electron chi connectivity index (χ1n) is 7.69. The van der Waals surface area contributed by atoms with Crippen LogP contribution in [-0.4, -0.2) is 69.2 Å². The molecule has 0 aromatic heterocycles. The molecule has 122 valence electrons. The van der Waals surface area contributed by atoms with Crippen LogP contribution in [0.5, 0.6) is 0 Å². The van der Waals surface area contributed by atoms with E-state index in [1.54, 1.807) is 4.31 Å². The predicted octanol–water partition coefficient (Wildman–Crippen LogP) is 0.686. The normalized spacial score (nSPS) is 29.2. The molecule has 0 spiro atoms. The number of esters is 1. The van der Waals surface area contributed by atoms with Gasteiger partial charge in [-0.3, -0.25) is 9.69 Å². The maximum absolute atomic E-state index is 11.9. The van der Waals surface area contributed by atoms with E-state index in [1.165, 1.54) is 13.4 Å². The van der Waals surface area contributed by atoms with Crippen molar-refractivity contribution in [2.24, 2.45) is 5.92 Å². The van der Waals surface area contributed by atoms with Gasteiger partial charge in [-0.15, -0.1) is 0 Å². The Morgan fingerprint density at radius 2 is 1.95 bits per heavy atom. The third-order valence-corrected chi connectivity index (χ3v) is 5.80. The molecule has 2 aliphatic rings. The van der Waals surface area contributed by atoms with Gasteiger partial charge in [0.2, 0.25) is 10.0 Å². The first-order valence-corrected chi connectivity index (χ1v) is 9.53. The van der Waals surface area contributed by atoms with Crippen LogP contribution in [0.15, 0.2) is 0 Å². The van der Waals surface area contributed by atoms with E-state index in [0.717, 1.165) is 45.2 Å². The number of carbonyl (C=O) groups excluding carboxylic acids is 1. The number of nitrogens with zero attached hydrogens (tertiary/aromatic N) is 2. The predicted molar refractivity (Wildman–Crippen MR) is 80.4 cm³/mol. The van der Waals surface area contributed by atoms with Gasteiger partial charge in [0.05, 0.1) is 13.4 Å². The highest BCUT2D eigenvalue weighted by Gasteiger charge is 2.33. The van der Waals surface area contributed by atoms with Crippen LogP contribution < -0.4 is 0 Å². The first kappa shape index (κ1) is 16.7. The summed E-state index contributed by atoms with van der Waals surface area (Å²) in [6.45, 7) is 2.87. The van der Waals surface area contributed by atoms with E-state index in [9.17, 15) is 13.2 Å². The zero-order chi connectivity index (χ0) is 15.5. The minimum atomic E-state index is -3.11. The number of piperidine rings is 2. The number of ether oxygens (including phenoxy) is 1. The van der Waals surface area contributed by atoms with Crippen molar-refractivity contribution in [2.45, 2.75) is 38.1 Å². The molecule has 0 amide bonds. The van der Waals surface area contributed by atoms with Crippen LogP contribution in [0.1, 0.15) is 32.1 Å². The van der Waals surface area contributed by atoms with E-state index in [0.29, 0.717) is 19.0 Å². The Hall–Kier alpha value is -0.660.